The summed E-state index contributed by atoms with van der Waals surface area (Å²) in [5.41, 5.74) is 1.28. The molecule has 160 valence electrons. The molecule has 10 heteroatoms. The highest BCUT2D eigenvalue weighted by molar-refractivity contribution is 5.99. The molecule has 2 heterocycles. The normalized spacial score (nSPS) is 13.9. The predicted octanol–water partition coefficient (Wildman–Crippen LogP) is 2.52. The SMILES string of the molecule is COc1cc(C(=O)N2CCN(c3cnc4ccccc4n3)CC2)c([N+](=O)[O-])cc1OC. The Balaban J connectivity index is 1.53. The fourth-order valence-electron chi connectivity index (χ4n) is 3.60. The molecule has 0 aliphatic carbocycles. The third-order valence-electron chi connectivity index (χ3n) is 5.26. The number of fused-ring (bicyclic) bond motifs is 1. The van der Waals surface area contributed by atoms with Crippen molar-refractivity contribution in [3.05, 3.63) is 58.3 Å². The lowest BCUT2D eigenvalue weighted by Gasteiger charge is -2.35. The van der Waals surface area contributed by atoms with Crippen LogP contribution in [0.25, 0.3) is 11.0 Å². The quantitative estimate of drug-likeness (QED) is 0.455. The zero-order valence-electron chi connectivity index (χ0n) is 17.1. The van der Waals surface area contributed by atoms with Crippen LogP contribution in [0, 0.1) is 10.1 Å². The van der Waals surface area contributed by atoms with Gasteiger partial charge in [-0.05, 0) is 12.1 Å². The number of aromatic nitrogens is 2. The number of rotatable bonds is 5. The molecule has 3 aromatic rings. The largest absolute Gasteiger partial charge is 0.493 e. The number of ether oxygens (including phenoxy) is 2. The second-order valence-electron chi connectivity index (χ2n) is 6.98. The fraction of sp³-hybridized carbons (Fsp3) is 0.286. The average molecular weight is 423 g/mol. The van der Waals surface area contributed by atoms with Crippen molar-refractivity contribution in [2.24, 2.45) is 0 Å². The first-order valence-electron chi connectivity index (χ1n) is 9.68. The maximum Gasteiger partial charge on any atom is 0.286 e. The van der Waals surface area contributed by atoms with Gasteiger partial charge in [-0.15, -0.1) is 0 Å². The topological polar surface area (TPSA) is 111 Å². The van der Waals surface area contributed by atoms with Crippen LogP contribution in [0.3, 0.4) is 0 Å². The van der Waals surface area contributed by atoms with Crippen LogP contribution in [0.15, 0.2) is 42.6 Å². The number of carbonyl (C=O) groups is 1. The molecule has 2 aromatic carbocycles. The van der Waals surface area contributed by atoms with Crippen LogP contribution in [-0.4, -0.2) is 66.1 Å². The number of benzene rings is 2. The van der Waals surface area contributed by atoms with E-state index in [1.54, 1.807) is 11.1 Å². The van der Waals surface area contributed by atoms with E-state index in [0.717, 1.165) is 16.9 Å². The van der Waals surface area contributed by atoms with Crippen LogP contribution in [0.1, 0.15) is 10.4 Å². The van der Waals surface area contributed by atoms with Crippen molar-refractivity contribution in [1.29, 1.82) is 0 Å². The molecule has 1 saturated heterocycles. The molecule has 0 spiro atoms. The maximum atomic E-state index is 13.1. The van der Waals surface area contributed by atoms with Gasteiger partial charge in [-0.3, -0.25) is 19.9 Å². The number of carbonyl (C=O) groups excluding carboxylic acids is 1. The Labute approximate surface area is 178 Å². The number of methoxy groups -OCH3 is 2. The number of piperazine rings is 1. The summed E-state index contributed by atoms with van der Waals surface area (Å²) in [7, 11) is 2.80. The number of hydrogen-bond acceptors (Lipinski definition) is 8. The van der Waals surface area contributed by atoms with Crippen LogP contribution in [-0.2, 0) is 0 Å². The van der Waals surface area contributed by atoms with E-state index >= 15 is 0 Å². The summed E-state index contributed by atoms with van der Waals surface area (Å²) in [5.74, 6) is 0.784. The molecule has 0 unspecified atom stereocenters. The van der Waals surface area contributed by atoms with Crippen molar-refractivity contribution in [3.63, 3.8) is 0 Å². The molecule has 1 aliphatic heterocycles. The summed E-state index contributed by atoms with van der Waals surface area (Å²) in [5, 5.41) is 11.5. The number of nitro benzene ring substituents is 1. The van der Waals surface area contributed by atoms with Crippen LogP contribution in [0.5, 0.6) is 11.5 Å². The van der Waals surface area contributed by atoms with Gasteiger partial charge in [-0.25, -0.2) is 4.98 Å². The summed E-state index contributed by atoms with van der Waals surface area (Å²) in [6, 6.07) is 10.2. The number of nitro groups is 1. The summed E-state index contributed by atoms with van der Waals surface area (Å²) < 4.78 is 10.3. The standard InChI is InChI=1S/C21H21N5O5/c1-30-18-11-14(17(26(28)29)12-19(18)31-2)21(27)25-9-7-24(8-10-25)20-13-22-15-5-3-4-6-16(15)23-20/h3-6,11-13H,7-10H2,1-2H3. The molecular weight excluding hydrogens is 402 g/mol. The van der Waals surface area contributed by atoms with Crippen LogP contribution in [0.4, 0.5) is 11.5 Å². The molecule has 0 N–H and O–H groups in total. The lowest BCUT2D eigenvalue weighted by Crippen LogP contribution is -2.49. The summed E-state index contributed by atoms with van der Waals surface area (Å²) >= 11 is 0. The molecular formula is C21H21N5O5. The van der Waals surface area contributed by atoms with Crippen LogP contribution < -0.4 is 14.4 Å². The molecule has 1 fully saturated rings. The van der Waals surface area contributed by atoms with Gasteiger partial charge >= 0.3 is 0 Å². The Kier molecular flexibility index (Phi) is 5.52. The van der Waals surface area contributed by atoms with Crippen molar-refractivity contribution >= 4 is 28.4 Å². The second-order valence-corrected chi connectivity index (χ2v) is 6.98. The Morgan fingerprint density at radius 1 is 1.03 bits per heavy atom. The van der Waals surface area contributed by atoms with Gasteiger partial charge in [-0.1, -0.05) is 12.1 Å². The van der Waals surface area contributed by atoms with Gasteiger partial charge < -0.3 is 19.3 Å². The molecule has 1 aromatic heterocycles. The molecule has 1 aliphatic rings. The van der Waals surface area contributed by atoms with Crippen molar-refractivity contribution in [2.75, 3.05) is 45.3 Å². The number of para-hydroxylation sites is 2. The molecule has 31 heavy (non-hydrogen) atoms. The zero-order valence-corrected chi connectivity index (χ0v) is 17.1. The fourth-order valence-corrected chi connectivity index (χ4v) is 3.60. The first-order chi connectivity index (χ1) is 15.0. The Bertz CT molecular complexity index is 1140. The maximum absolute atomic E-state index is 13.1. The van der Waals surface area contributed by atoms with Crippen molar-refractivity contribution in [3.8, 4) is 11.5 Å². The highest BCUT2D eigenvalue weighted by Gasteiger charge is 2.30. The Hall–Kier alpha value is -3.95. The van der Waals surface area contributed by atoms with E-state index in [1.165, 1.54) is 26.4 Å². The number of nitrogens with zero attached hydrogens (tertiary/aromatic N) is 5. The Morgan fingerprint density at radius 2 is 1.68 bits per heavy atom. The lowest BCUT2D eigenvalue weighted by molar-refractivity contribution is -0.385. The smallest absolute Gasteiger partial charge is 0.286 e. The van der Waals surface area contributed by atoms with E-state index in [1.807, 2.05) is 29.2 Å². The highest BCUT2D eigenvalue weighted by atomic mass is 16.6. The van der Waals surface area contributed by atoms with Gasteiger partial charge in [0, 0.05) is 32.2 Å². The van der Waals surface area contributed by atoms with Gasteiger partial charge in [0.1, 0.15) is 11.4 Å². The zero-order chi connectivity index (χ0) is 22.0. The molecule has 10 nitrogen and oxygen atoms in total. The summed E-state index contributed by atoms with van der Waals surface area (Å²) in [6.45, 7) is 1.89. The third-order valence-corrected chi connectivity index (χ3v) is 5.26. The number of hydrogen-bond donors (Lipinski definition) is 0. The van der Waals surface area contributed by atoms with Gasteiger partial charge in [-0.2, -0.15) is 0 Å². The van der Waals surface area contributed by atoms with Gasteiger partial charge in [0.05, 0.1) is 42.4 Å². The first kappa shape index (κ1) is 20.3. The summed E-state index contributed by atoms with van der Waals surface area (Å²) in [6.07, 6.45) is 1.72. The molecule has 0 saturated carbocycles. The second kappa shape index (κ2) is 8.42. The predicted molar refractivity (Wildman–Crippen MR) is 114 cm³/mol. The molecule has 4 rings (SSSR count). The molecule has 0 radical (unpaired) electrons. The van der Waals surface area contributed by atoms with E-state index in [0.29, 0.717) is 26.2 Å². The van der Waals surface area contributed by atoms with E-state index in [-0.39, 0.29) is 22.7 Å². The minimum atomic E-state index is -0.587. The molecule has 1 amide bonds. The van der Waals surface area contributed by atoms with Crippen molar-refractivity contribution in [2.45, 2.75) is 0 Å². The summed E-state index contributed by atoms with van der Waals surface area (Å²) in [4.78, 5) is 36.8. The van der Waals surface area contributed by atoms with Gasteiger partial charge in [0.25, 0.3) is 11.6 Å². The van der Waals surface area contributed by atoms with Crippen LogP contribution >= 0.6 is 0 Å². The van der Waals surface area contributed by atoms with Gasteiger partial charge in [0.15, 0.2) is 11.5 Å². The Morgan fingerprint density at radius 3 is 2.32 bits per heavy atom. The minimum absolute atomic E-state index is 0.0263. The first-order valence-corrected chi connectivity index (χ1v) is 9.68. The highest BCUT2D eigenvalue weighted by Crippen LogP contribution is 2.35. The van der Waals surface area contributed by atoms with Crippen molar-refractivity contribution < 1.29 is 19.2 Å². The van der Waals surface area contributed by atoms with Crippen LogP contribution in [0.2, 0.25) is 0 Å². The third kappa shape index (κ3) is 3.91. The number of amides is 1. The van der Waals surface area contributed by atoms with E-state index in [2.05, 4.69) is 9.97 Å². The van der Waals surface area contributed by atoms with E-state index in [9.17, 15) is 14.9 Å². The van der Waals surface area contributed by atoms with Crippen molar-refractivity contribution in [1.82, 2.24) is 14.9 Å². The number of anilines is 1. The lowest BCUT2D eigenvalue weighted by atomic mass is 10.1. The van der Waals surface area contributed by atoms with Gasteiger partial charge in [0.2, 0.25) is 0 Å². The van der Waals surface area contributed by atoms with E-state index in [4.69, 9.17) is 9.47 Å². The molecule has 0 atom stereocenters. The minimum Gasteiger partial charge on any atom is -0.493 e. The monoisotopic (exact) mass is 423 g/mol. The average Bonchev–Trinajstić information content (AvgIpc) is 2.82. The molecule has 0 bridgehead atoms. The van der Waals surface area contributed by atoms with E-state index < -0.39 is 10.8 Å².